The largest absolute Gasteiger partial charge is 0.488 e. The second kappa shape index (κ2) is 29.9. The molecular weight excluding hydrogens is 1680 g/mol. The highest BCUT2D eigenvalue weighted by Gasteiger charge is 2.33. The van der Waals surface area contributed by atoms with E-state index in [1.54, 1.807) is 0 Å². The lowest BCUT2D eigenvalue weighted by Gasteiger charge is -2.23. The Bertz CT molecular complexity index is 8380. The summed E-state index contributed by atoms with van der Waals surface area (Å²) in [6.07, 6.45) is 0. The number of aromatic amines is 2. The van der Waals surface area contributed by atoms with Crippen LogP contribution in [-0.2, 0) is 52.9 Å². The summed E-state index contributed by atoms with van der Waals surface area (Å²) in [5, 5.41) is 20.1. The Morgan fingerprint density at radius 1 is 0.154 bits per heavy atom. The molecule has 0 saturated heterocycles. The molecule has 0 amide bonds. The van der Waals surface area contributed by atoms with Crippen LogP contribution in [-0.4, -0.2) is 39.9 Å². The molecular formula is C120H74N8O8. The number of fused-ring (bicyclic) bond motifs is 52. The van der Waals surface area contributed by atoms with Crippen molar-refractivity contribution in [3.8, 4) is 136 Å². The zero-order valence-electron chi connectivity index (χ0n) is 72.9. The van der Waals surface area contributed by atoms with Crippen molar-refractivity contribution in [2.24, 2.45) is 0 Å². The molecule has 2 N–H and O–H groups in total. The SMILES string of the molecule is c1ccc2c3c(ccc2c1)OCc1cc2c(cc1COc1ccc4ccccc4c1-3)-c1nc-2nc2[nH]c(nc3nc(nc4[nH]c(n1)c1cc5c(cc41)COc1ccc4ccccc4c1-c1c(ccc4ccccc14)OC5)-c1cc4c(cc1-3)COc1ccc3ccccc3c1-c1c(ccc3ccccc13)OC4)c1cc3c(cc21)COc1ccc2ccccc2c1-c1c(ccc2ccccc12)OC3. The Morgan fingerprint density at radius 3 is 0.478 bits per heavy atom. The molecule has 0 saturated carbocycles. The minimum absolute atomic E-state index is 0.173. The fourth-order valence-corrected chi connectivity index (χ4v) is 21.7. The van der Waals surface area contributed by atoms with Gasteiger partial charge in [0.15, 0.2) is 23.3 Å². The van der Waals surface area contributed by atoms with E-state index in [1.807, 2.05) is 0 Å². The number of nitrogens with one attached hydrogen (secondary N) is 2. The predicted octanol–water partition coefficient (Wildman–Crippen LogP) is 28.6. The summed E-state index contributed by atoms with van der Waals surface area (Å²) < 4.78 is 58.5. The Morgan fingerprint density at radius 2 is 0.309 bits per heavy atom. The van der Waals surface area contributed by atoms with Crippen LogP contribution in [0.2, 0.25) is 0 Å². The minimum Gasteiger partial charge on any atom is -0.488 e. The van der Waals surface area contributed by atoms with Crippen molar-refractivity contribution in [2.45, 2.75) is 52.9 Å². The van der Waals surface area contributed by atoms with Crippen LogP contribution >= 0.6 is 0 Å². The highest BCUT2D eigenvalue weighted by atomic mass is 16.5. The molecule has 9 heterocycles. The van der Waals surface area contributed by atoms with Gasteiger partial charge in [0, 0.05) is 88.3 Å². The van der Waals surface area contributed by atoms with Crippen LogP contribution in [0.5, 0.6) is 46.0 Å². The number of aromatic nitrogens is 8. The zero-order valence-corrected chi connectivity index (χ0v) is 72.9. The van der Waals surface area contributed by atoms with Crippen molar-refractivity contribution in [3.05, 3.63) is 384 Å². The number of hydrogen-bond acceptors (Lipinski definition) is 14. The van der Waals surface area contributed by atoms with Crippen LogP contribution in [0, 0.1) is 0 Å². The average Bonchev–Trinajstić information content (AvgIpc) is 1.23. The van der Waals surface area contributed by atoms with Crippen LogP contribution in [0.15, 0.2) is 340 Å². The number of hydrogen-bond donors (Lipinski definition) is 2. The zero-order chi connectivity index (χ0) is 88.9. The average molecular weight is 1760 g/mol. The minimum atomic E-state index is 0.173. The standard InChI is InChI=1S/C120H74N8O8/c1-9-25-81-65(17-1)33-41-97-105(81)106-82-26-10-2-18-66(82)34-42-98(106)130-58-74-50-90-89(49-73(74)57-129-97)113-121-114(90)126-116-93-53-77-61-133-101-45-37-69-21-5-13-29-85(69)109(101)110-86-30-14-6-22-70(86)38-46-102(110)134-62-78(77)54-94(93)118(123-116)128-120-96-56-80-64-136-104-48-40-72-24-8-16-32-88(72)112(104)111-87-31-15-7-23-71(87)39-47-103(111)135-63-79(80)55-95(96)119(124-120)127-117-92-52-76-60-132-100-44-36-68-20-4-12-28-84(68)108(100)107-83-27-11-3-19-67(83)35-43-99(107)131-59-75(76)51-91(92)115(122-117)125-113/h1-56H,57-64H2,(H2,121,122,123,124,125,126,127,128). The van der Waals surface area contributed by atoms with E-state index in [0.29, 0.717) is 45.9 Å². The number of ether oxygens (including phenoxy) is 8. The molecule has 642 valence electrons. The molecule has 16 nitrogen and oxygen atoms in total. The first kappa shape index (κ1) is 76.0. The summed E-state index contributed by atoms with van der Waals surface area (Å²) in [6, 6.07) is 119. The van der Waals surface area contributed by atoms with Crippen LogP contribution in [0.4, 0.5) is 0 Å². The molecule has 16 heteroatoms. The molecule has 23 aromatic rings. The Hall–Kier alpha value is -17.8. The van der Waals surface area contributed by atoms with Gasteiger partial charge in [0.25, 0.3) is 0 Å². The van der Waals surface area contributed by atoms with Gasteiger partial charge in [0.2, 0.25) is 0 Å². The van der Waals surface area contributed by atoms with E-state index in [2.05, 4.69) is 350 Å². The maximum absolute atomic E-state index is 7.32. The van der Waals surface area contributed by atoms with Gasteiger partial charge in [-0.1, -0.05) is 243 Å². The van der Waals surface area contributed by atoms with E-state index in [9.17, 15) is 0 Å². The second-order valence-electron chi connectivity index (χ2n) is 35.9. The van der Waals surface area contributed by atoms with Gasteiger partial charge in [-0.25, -0.2) is 29.9 Å². The summed E-state index contributed by atoms with van der Waals surface area (Å²) in [5.41, 5.74) is 19.5. The molecule has 0 radical (unpaired) electrons. The predicted molar refractivity (Wildman–Crippen MR) is 538 cm³/mol. The lowest BCUT2D eigenvalue weighted by molar-refractivity contribution is 0.283. The van der Waals surface area contributed by atoms with E-state index < -0.39 is 0 Å². The second-order valence-corrected chi connectivity index (χ2v) is 35.9. The van der Waals surface area contributed by atoms with Crippen molar-refractivity contribution in [3.63, 3.8) is 0 Å². The van der Waals surface area contributed by atoms with Gasteiger partial charge in [-0.3, -0.25) is 0 Å². The first-order valence-electron chi connectivity index (χ1n) is 46.0. The summed E-state index contributed by atoms with van der Waals surface area (Å²) in [6.45, 7) is 1.39. The van der Waals surface area contributed by atoms with E-state index in [-0.39, 0.29) is 52.9 Å². The van der Waals surface area contributed by atoms with Crippen molar-refractivity contribution in [1.82, 2.24) is 39.9 Å². The number of nitrogens with zero attached hydrogens (tertiary/aromatic N) is 6. The topological polar surface area (TPSA) is 183 Å². The third-order valence-corrected chi connectivity index (χ3v) is 28.3. The molecule has 0 spiro atoms. The lowest BCUT2D eigenvalue weighted by Crippen LogP contribution is -2.08. The van der Waals surface area contributed by atoms with E-state index in [0.717, 1.165) is 265 Å². The monoisotopic (exact) mass is 1750 g/mol. The molecule has 6 aliphatic heterocycles. The maximum Gasteiger partial charge on any atom is 0.164 e. The van der Waals surface area contributed by atoms with Gasteiger partial charge in [0.1, 0.15) is 121 Å². The van der Waals surface area contributed by atoms with Gasteiger partial charge in [-0.2, -0.15) is 0 Å². The normalized spacial score (nSPS) is 13.5. The van der Waals surface area contributed by atoms with Crippen LogP contribution in [0.3, 0.4) is 0 Å². The Kier molecular flexibility index (Phi) is 16.7. The molecule has 0 fully saturated rings. The van der Waals surface area contributed by atoms with Gasteiger partial charge in [-0.05, 0) is 228 Å². The van der Waals surface area contributed by atoms with Crippen LogP contribution in [0.1, 0.15) is 44.5 Å². The molecule has 0 atom stereocenters. The van der Waals surface area contributed by atoms with Crippen molar-refractivity contribution >= 4 is 130 Å². The van der Waals surface area contributed by atoms with E-state index in [1.165, 1.54) is 0 Å². The molecule has 0 unspecified atom stereocenters. The van der Waals surface area contributed by atoms with Crippen molar-refractivity contribution in [1.29, 1.82) is 0 Å². The summed E-state index contributed by atoms with van der Waals surface area (Å²) in [5.74, 6) is 7.32. The fourth-order valence-electron chi connectivity index (χ4n) is 21.7. The molecule has 29 rings (SSSR count). The molecule has 6 aliphatic rings. The van der Waals surface area contributed by atoms with Crippen LogP contribution in [0.25, 0.3) is 220 Å². The van der Waals surface area contributed by atoms with Crippen molar-refractivity contribution in [2.75, 3.05) is 0 Å². The fraction of sp³-hybridized carbons (Fsp3) is 0.0667. The molecule has 20 aromatic carbocycles. The number of H-pyrrole nitrogens is 2. The van der Waals surface area contributed by atoms with E-state index >= 15 is 0 Å². The van der Waals surface area contributed by atoms with Crippen molar-refractivity contribution < 1.29 is 37.9 Å². The van der Waals surface area contributed by atoms with Gasteiger partial charge >= 0.3 is 0 Å². The molecule has 8 bridgehead atoms. The van der Waals surface area contributed by atoms with Gasteiger partial charge in [-0.15, -0.1) is 0 Å². The quantitative estimate of drug-likeness (QED) is 0.146. The van der Waals surface area contributed by atoms with Gasteiger partial charge < -0.3 is 47.9 Å². The molecule has 136 heavy (non-hydrogen) atoms. The highest BCUT2D eigenvalue weighted by molar-refractivity contribution is 6.16. The molecule has 3 aromatic heterocycles. The van der Waals surface area contributed by atoms with Crippen LogP contribution < -0.4 is 37.9 Å². The first-order chi connectivity index (χ1) is 67.3. The summed E-state index contributed by atoms with van der Waals surface area (Å²) in [7, 11) is 0. The molecule has 0 aliphatic carbocycles. The smallest absolute Gasteiger partial charge is 0.164 e. The van der Waals surface area contributed by atoms with Gasteiger partial charge in [0.05, 0.1) is 0 Å². The third kappa shape index (κ3) is 12.0. The first-order valence-corrected chi connectivity index (χ1v) is 46.0. The lowest BCUT2D eigenvalue weighted by atomic mass is 9.92. The Balaban J connectivity index is 0.682. The summed E-state index contributed by atoms with van der Waals surface area (Å²) >= 11 is 0. The summed E-state index contributed by atoms with van der Waals surface area (Å²) in [4.78, 5) is 42.5. The number of rotatable bonds is 0. The van der Waals surface area contributed by atoms with E-state index in [4.69, 9.17) is 67.8 Å². The Labute approximate surface area is 776 Å². The highest BCUT2D eigenvalue weighted by Crippen LogP contribution is 2.54. The third-order valence-electron chi connectivity index (χ3n) is 28.3. The number of benzene rings is 20. The maximum atomic E-state index is 7.32.